The Balaban J connectivity index is 1.35. The smallest absolute Gasteiger partial charge is 0.407 e. The van der Waals surface area contributed by atoms with Crippen molar-refractivity contribution >= 4 is 35.3 Å². The number of carbonyl (C=O) groups is 3. The van der Waals surface area contributed by atoms with E-state index >= 15 is 0 Å². The molecule has 0 unspecified atom stereocenters. The van der Waals surface area contributed by atoms with Crippen molar-refractivity contribution in [2.24, 2.45) is 0 Å². The SMILES string of the molecule is C[C@H](NC(=O)OCC1c2ccccc2-c2ccccc21)C(=O)Nc1ccc(C(=O)O)c(Cl)c1. The van der Waals surface area contributed by atoms with Crippen molar-refractivity contribution in [1.82, 2.24) is 5.32 Å². The van der Waals surface area contributed by atoms with Gasteiger partial charge in [0.05, 0.1) is 10.6 Å². The molecule has 2 amide bonds. The number of anilines is 1. The summed E-state index contributed by atoms with van der Waals surface area (Å²) < 4.78 is 5.46. The maximum atomic E-state index is 12.4. The van der Waals surface area contributed by atoms with E-state index in [0.29, 0.717) is 5.69 Å². The van der Waals surface area contributed by atoms with Crippen LogP contribution < -0.4 is 10.6 Å². The van der Waals surface area contributed by atoms with Crippen LogP contribution in [-0.4, -0.2) is 35.7 Å². The third-order valence-electron chi connectivity index (χ3n) is 5.54. The van der Waals surface area contributed by atoms with Gasteiger partial charge in [-0.3, -0.25) is 4.79 Å². The van der Waals surface area contributed by atoms with Gasteiger partial charge in [0.25, 0.3) is 0 Å². The first-order valence-electron chi connectivity index (χ1n) is 10.3. The zero-order valence-corrected chi connectivity index (χ0v) is 18.4. The van der Waals surface area contributed by atoms with Gasteiger partial charge in [0.2, 0.25) is 5.91 Å². The lowest BCUT2D eigenvalue weighted by Crippen LogP contribution is -2.42. The fourth-order valence-corrected chi connectivity index (χ4v) is 4.16. The molecular formula is C25H21ClN2O5. The van der Waals surface area contributed by atoms with E-state index in [4.69, 9.17) is 21.4 Å². The number of aromatic carboxylic acids is 1. The van der Waals surface area contributed by atoms with Crippen molar-refractivity contribution in [3.05, 3.63) is 88.4 Å². The van der Waals surface area contributed by atoms with Gasteiger partial charge in [-0.05, 0) is 47.4 Å². The molecule has 0 aromatic heterocycles. The number of ether oxygens (including phenoxy) is 1. The largest absolute Gasteiger partial charge is 0.478 e. The highest BCUT2D eigenvalue weighted by Crippen LogP contribution is 2.44. The summed E-state index contributed by atoms with van der Waals surface area (Å²) in [6.45, 7) is 1.66. The van der Waals surface area contributed by atoms with Crippen LogP contribution in [0.5, 0.6) is 0 Å². The summed E-state index contributed by atoms with van der Waals surface area (Å²) in [6, 6.07) is 19.2. The Bertz CT molecular complexity index is 1200. The molecule has 0 saturated heterocycles. The lowest BCUT2D eigenvalue weighted by Gasteiger charge is -2.17. The molecule has 0 radical (unpaired) electrons. The van der Waals surface area contributed by atoms with Crippen molar-refractivity contribution in [3.8, 4) is 11.1 Å². The molecule has 0 heterocycles. The number of carbonyl (C=O) groups excluding carboxylic acids is 2. The fourth-order valence-electron chi connectivity index (χ4n) is 3.90. The fraction of sp³-hybridized carbons (Fsp3) is 0.160. The highest BCUT2D eigenvalue weighted by atomic mass is 35.5. The standard InChI is InChI=1S/C25H21ClN2O5/c1-14(23(29)28-15-10-11-20(24(30)31)22(26)12-15)27-25(32)33-13-21-18-8-4-2-6-16(18)17-7-3-5-9-19(17)21/h2-12,14,21H,13H2,1H3,(H,27,32)(H,28,29)(H,30,31)/t14-/m0/s1. The zero-order valence-electron chi connectivity index (χ0n) is 17.7. The summed E-state index contributed by atoms with van der Waals surface area (Å²) >= 11 is 5.93. The van der Waals surface area contributed by atoms with E-state index in [0.717, 1.165) is 22.3 Å². The second-order valence-electron chi connectivity index (χ2n) is 7.68. The van der Waals surface area contributed by atoms with Gasteiger partial charge < -0.3 is 20.5 Å². The minimum atomic E-state index is -1.16. The summed E-state index contributed by atoms with van der Waals surface area (Å²) in [7, 11) is 0. The van der Waals surface area contributed by atoms with Gasteiger partial charge in [-0.15, -0.1) is 0 Å². The predicted molar refractivity (Wildman–Crippen MR) is 125 cm³/mol. The first kappa shape index (κ1) is 22.4. The van der Waals surface area contributed by atoms with E-state index in [1.54, 1.807) is 0 Å². The maximum Gasteiger partial charge on any atom is 0.407 e. The Kier molecular flexibility index (Phi) is 6.33. The number of nitrogens with one attached hydrogen (secondary N) is 2. The van der Waals surface area contributed by atoms with Crippen LogP contribution in [0.2, 0.25) is 5.02 Å². The van der Waals surface area contributed by atoms with Crippen LogP contribution >= 0.6 is 11.6 Å². The van der Waals surface area contributed by atoms with Crippen molar-refractivity contribution in [2.75, 3.05) is 11.9 Å². The van der Waals surface area contributed by atoms with Crippen LogP contribution in [0.15, 0.2) is 66.7 Å². The molecule has 3 aromatic rings. The molecule has 0 bridgehead atoms. The molecule has 33 heavy (non-hydrogen) atoms. The van der Waals surface area contributed by atoms with Gasteiger partial charge in [0.15, 0.2) is 0 Å². The van der Waals surface area contributed by atoms with E-state index in [-0.39, 0.29) is 23.1 Å². The maximum absolute atomic E-state index is 12.4. The number of halogens is 1. The van der Waals surface area contributed by atoms with Gasteiger partial charge in [0.1, 0.15) is 12.6 Å². The monoisotopic (exact) mass is 464 g/mol. The molecule has 1 aliphatic rings. The average Bonchev–Trinajstić information content (AvgIpc) is 3.11. The summed E-state index contributed by atoms with van der Waals surface area (Å²) in [5.74, 6) is -1.74. The van der Waals surface area contributed by atoms with Gasteiger partial charge >= 0.3 is 12.1 Å². The minimum Gasteiger partial charge on any atom is -0.478 e. The Morgan fingerprint density at radius 2 is 1.61 bits per heavy atom. The van der Waals surface area contributed by atoms with Crippen molar-refractivity contribution in [2.45, 2.75) is 18.9 Å². The van der Waals surface area contributed by atoms with Crippen LogP contribution in [0, 0.1) is 0 Å². The molecule has 1 aliphatic carbocycles. The molecule has 4 rings (SSSR count). The van der Waals surface area contributed by atoms with Crippen LogP contribution in [0.1, 0.15) is 34.3 Å². The molecule has 0 aliphatic heterocycles. The van der Waals surface area contributed by atoms with E-state index < -0.39 is 24.0 Å². The quantitative estimate of drug-likeness (QED) is 0.481. The number of rotatable bonds is 6. The number of amides is 2. The molecule has 0 saturated carbocycles. The molecule has 8 heteroatoms. The van der Waals surface area contributed by atoms with Crippen LogP contribution in [0.4, 0.5) is 10.5 Å². The first-order chi connectivity index (χ1) is 15.8. The van der Waals surface area contributed by atoms with E-state index in [1.165, 1.54) is 25.1 Å². The zero-order chi connectivity index (χ0) is 23.5. The second-order valence-corrected chi connectivity index (χ2v) is 8.09. The summed E-state index contributed by atoms with van der Waals surface area (Å²) in [4.78, 5) is 35.8. The van der Waals surface area contributed by atoms with Gasteiger partial charge in [-0.25, -0.2) is 9.59 Å². The van der Waals surface area contributed by atoms with Crippen molar-refractivity contribution < 1.29 is 24.2 Å². The molecule has 0 spiro atoms. The van der Waals surface area contributed by atoms with Gasteiger partial charge in [-0.1, -0.05) is 60.1 Å². The number of carboxylic acid groups (broad SMARTS) is 1. The molecule has 3 aromatic carbocycles. The Morgan fingerprint density at radius 3 is 2.18 bits per heavy atom. The van der Waals surface area contributed by atoms with Crippen LogP contribution in [-0.2, 0) is 9.53 Å². The van der Waals surface area contributed by atoms with E-state index in [9.17, 15) is 14.4 Å². The Labute approximate surface area is 195 Å². The third-order valence-corrected chi connectivity index (χ3v) is 5.85. The van der Waals surface area contributed by atoms with Gasteiger partial charge in [-0.2, -0.15) is 0 Å². The molecule has 3 N–H and O–H groups in total. The average molecular weight is 465 g/mol. The lowest BCUT2D eigenvalue weighted by molar-refractivity contribution is -0.117. The van der Waals surface area contributed by atoms with Crippen molar-refractivity contribution in [1.29, 1.82) is 0 Å². The summed E-state index contributed by atoms with van der Waals surface area (Å²) in [5, 5.41) is 14.1. The predicted octanol–water partition coefficient (Wildman–Crippen LogP) is 4.90. The van der Waals surface area contributed by atoms with E-state index in [1.807, 2.05) is 36.4 Å². The second kappa shape index (κ2) is 9.34. The lowest BCUT2D eigenvalue weighted by atomic mass is 9.98. The number of alkyl carbamates (subject to hydrolysis) is 1. The Hall–Kier alpha value is -3.84. The first-order valence-corrected chi connectivity index (χ1v) is 10.7. The normalized spacial score (nSPS) is 12.9. The minimum absolute atomic E-state index is 0.00236. The third kappa shape index (κ3) is 4.68. The number of benzene rings is 3. The van der Waals surface area contributed by atoms with Crippen molar-refractivity contribution in [3.63, 3.8) is 0 Å². The van der Waals surface area contributed by atoms with Gasteiger partial charge in [0, 0.05) is 11.6 Å². The summed E-state index contributed by atoms with van der Waals surface area (Å²) in [5.41, 5.74) is 4.69. The molecule has 1 atom stereocenters. The Morgan fingerprint density at radius 1 is 1.00 bits per heavy atom. The molecular weight excluding hydrogens is 444 g/mol. The van der Waals surface area contributed by atoms with E-state index in [2.05, 4.69) is 22.8 Å². The summed E-state index contributed by atoms with van der Waals surface area (Å²) in [6.07, 6.45) is -0.709. The molecule has 168 valence electrons. The highest BCUT2D eigenvalue weighted by Gasteiger charge is 2.29. The highest BCUT2D eigenvalue weighted by molar-refractivity contribution is 6.33. The van der Waals surface area contributed by atoms with Crippen LogP contribution in [0.25, 0.3) is 11.1 Å². The number of hydrogen-bond acceptors (Lipinski definition) is 4. The molecule has 7 nitrogen and oxygen atoms in total. The number of carboxylic acids is 1. The van der Waals surface area contributed by atoms with Crippen LogP contribution in [0.3, 0.4) is 0 Å². The number of fused-ring (bicyclic) bond motifs is 3. The number of hydrogen-bond donors (Lipinski definition) is 3. The molecule has 0 fully saturated rings. The topological polar surface area (TPSA) is 105 Å².